The second kappa shape index (κ2) is 20.3. The van der Waals surface area contributed by atoms with Gasteiger partial charge in [-0.1, -0.05) is 12.1 Å². The van der Waals surface area contributed by atoms with E-state index in [0.29, 0.717) is 40.1 Å². The summed E-state index contributed by atoms with van der Waals surface area (Å²) in [6.07, 6.45) is -6.45. The summed E-state index contributed by atoms with van der Waals surface area (Å²) in [4.78, 5) is 63.4. The Bertz CT molecular complexity index is 2660. The summed E-state index contributed by atoms with van der Waals surface area (Å²) < 4.78 is 105. The number of methoxy groups -OCH3 is 1. The van der Waals surface area contributed by atoms with Crippen LogP contribution in [0.4, 0.5) is 58.7 Å². The van der Waals surface area contributed by atoms with Crippen LogP contribution in [-0.4, -0.2) is 79.4 Å². The molecular formula is C45H36F6N8O9. The zero-order valence-electron chi connectivity index (χ0n) is 35.5. The lowest BCUT2D eigenvalue weighted by Crippen LogP contribution is -2.40. The molecule has 352 valence electrons. The largest absolute Gasteiger partial charge is 0.489 e. The number of rotatable bonds is 8. The summed E-state index contributed by atoms with van der Waals surface area (Å²) >= 11 is 0. The highest BCUT2D eigenvalue weighted by molar-refractivity contribution is 6.04. The van der Waals surface area contributed by atoms with Crippen molar-refractivity contribution < 1.29 is 69.2 Å². The molecule has 4 aromatic carbocycles. The van der Waals surface area contributed by atoms with Crippen molar-refractivity contribution in [1.29, 1.82) is 0 Å². The molecule has 3 N–H and O–H groups in total. The van der Waals surface area contributed by atoms with Gasteiger partial charge in [-0.2, -0.15) is 26.3 Å². The molecule has 6 aromatic rings. The summed E-state index contributed by atoms with van der Waals surface area (Å²) in [5.41, 5.74) is -0.647. The first-order chi connectivity index (χ1) is 32.5. The van der Waals surface area contributed by atoms with Gasteiger partial charge >= 0.3 is 30.4 Å². The van der Waals surface area contributed by atoms with Gasteiger partial charge in [0.1, 0.15) is 54.0 Å². The van der Waals surface area contributed by atoms with Gasteiger partial charge in [-0.05, 0) is 66.7 Å². The van der Waals surface area contributed by atoms with Gasteiger partial charge in [0.2, 0.25) is 5.88 Å². The number of pyridine rings is 1. The molecular weight excluding hydrogens is 911 g/mol. The Morgan fingerprint density at radius 2 is 1.15 bits per heavy atom. The number of benzene rings is 4. The lowest BCUT2D eigenvalue weighted by atomic mass is 10.2. The lowest BCUT2D eigenvalue weighted by Gasteiger charge is -2.30. The van der Waals surface area contributed by atoms with Gasteiger partial charge in [-0.25, -0.2) is 24.4 Å². The van der Waals surface area contributed by atoms with E-state index in [-0.39, 0.29) is 60.9 Å². The van der Waals surface area contributed by atoms with Gasteiger partial charge in [0, 0.05) is 48.9 Å². The number of carbonyl (C=O) groups excluding carboxylic acids is 4. The molecule has 2 aromatic heterocycles. The van der Waals surface area contributed by atoms with Gasteiger partial charge in [0.25, 0.3) is 5.91 Å². The van der Waals surface area contributed by atoms with Crippen LogP contribution in [0.2, 0.25) is 0 Å². The molecule has 2 aliphatic heterocycles. The van der Waals surface area contributed by atoms with Crippen molar-refractivity contribution in [3.05, 3.63) is 138 Å². The van der Waals surface area contributed by atoms with Crippen LogP contribution in [0, 0.1) is 0 Å². The summed E-state index contributed by atoms with van der Waals surface area (Å²) in [7, 11) is 2.72. The molecule has 4 heterocycles. The van der Waals surface area contributed by atoms with E-state index in [1.54, 1.807) is 36.4 Å². The molecule has 0 fully saturated rings. The number of ether oxygens (including phenoxy) is 5. The number of esters is 1. The normalized spacial score (nSPS) is 12.9. The SMILES string of the molecule is CNC(=O)c1cc(Oc2ccc3c(c2)OCCN3C(=O)Nc2cccc(C(F)(F)F)c2)ccn1.COC(=O)c1cc(Oc2ccc3c(c2)OCCN3C(=O)Nc2cccc(C(F)(F)F)c2)ncn1. The molecule has 23 heteroatoms. The highest BCUT2D eigenvalue weighted by Crippen LogP contribution is 2.39. The third-order valence-electron chi connectivity index (χ3n) is 9.65. The fraction of sp³-hybridized carbons (Fsp3) is 0.178. The molecule has 68 heavy (non-hydrogen) atoms. The van der Waals surface area contributed by atoms with Crippen LogP contribution in [0.25, 0.3) is 0 Å². The summed E-state index contributed by atoms with van der Waals surface area (Å²) in [5.74, 6) is 0.856. The minimum absolute atomic E-state index is 0.0120. The molecule has 0 radical (unpaired) electrons. The number of nitrogens with zero attached hydrogens (tertiary/aromatic N) is 5. The Morgan fingerprint density at radius 1 is 0.618 bits per heavy atom. The second-order valence-corrected chi connectivity index (χ2v) is 14.2. The van der Waals surface area contributed by atoms with Gasteiger partial charge in [-0.3, -0.25) is 19.6 Å². The van der Waals surface area contributed by atoms with Crippen LogP contribution >= 0.6 is 0 Å². The third kappa shape index (κ3) is 11.6. The number of hydrogen-bond donors (Lipinski definition) is 3. The second-order valence-electron chi connectivity index (χ2n) is 14.2. The minimum Gasteiger partial charge on any atom is -0.489 e. The van der Waals surface area contributed by atoms with Crippen LogP contribution in [0.15, 0.2) is 116 Å². The first-order valence-corrected chi connectivity index (χ1v) is 20.0. The number of halogens is 6. The fourth-order valence-corrected chi connectivity index (χ4v) is 6.47. The number of nitrogens with one attached hydrogen (secondary N) is 3. The number of alkyl halides is 6. The Balaban J connectivity index is 0.000000201. The quantitative estimate of drug-likeness (QED) is 0.0968. The van der Waals surface area contributed by atoms with Gasteiger partial charge in [0.15, 0.2) is 5.69 Å². The molecule has 0 spiro atoms. The van der Waals surface area contributed by atoms with E-state index >= 15 is 0 Å². The van der Waals surface area contributed by atoms with E-state index in [2.05, 4.69) is 35.6 Å². The number of amides is 5. The van der Waals surface area contributed by atoms with Crippen molar-refractivity contribution >= 4 is 46.7 Å². The number of aromatic nitrogens is 3. The maximum atomic E-state index is 13.0. The van der Waals surface area contributed by atoms with Crippen molar-refractivity contribution in [1.82, 2.24) is 20.3 Å². The molecule has 5 amide bonds. The zero-order valence-corrected chi connectivity index (χ0v) is 35.5. The number of fused-ring (bicyclic) bond motifs is 2. The fourth-order valence-electron chi connectivity index (χ4n) is 6.47. The standard InChI is InChI=1S/C23H19F3N4O4.C22H17F3N4O5/c1-27-21(31)18-12-17(7-8-28-18)34-16-5-6-19-20(13-16)33-10-9-30(19)22(32)29-15-4-2-3-14(11-15)23(24,25)26;1-32-20(30)16-11-19(27-12-26-16)34-15-5-6-17-18(10-15)33-8-7-29(17)21(31)28-14-4-2-3-13(9-14)22(23,24)25/h2-8,11-13H,9-10H2,1H3,(H,27,31)(H,29,32);2-6,9-12H,7-8H2,1H3,(H,28,31). The van der Waals surface area contributed by atoms with Gasteiger partial charge in [0.05, 0.1) is 42.7 Å². The molecule has 0 aliphatic carbocycles. The van der Waals surface area contributed by atoms with E-state index in [0.717, 1.165) is 30.6 Å². The molecule has 0 saturated heterocycles. The van der Waals surface area contributed by atoms with E-state index in [1.807, 2.05) is 0 Å². The number of hydrogen-bond acceptors (Lipinski definition) is 12. The van der Waals surface area contributed by atoms with Crippen molar-refractivity contribution in [2.45, 2.75) is 12.4 Å². The predicted octanol–water partition coefficient (Wildman–Crippen LogP) is 9.19. The zero-order chi connectivity index (χ0) is 48.6. The Hall–Kier alpha value is -8.63. The summed E-state index contributed by atoms with van der Waals surface area (Å²) in [5, 5.41) is 7.46. The molecule has 0 unspecified atom stereocenters. The van der Waals surface area contributed by atoms with Crippen LogP contribution in [0.5, 0.6) is 34.6 Å². The third-order valence-corrected chi connectivity index (χ3v) is 9.65. The predicted molar refractivity (Wildman–Crippen MR) is 231 cm³/mol. The van der Waals surface area contributed by atoms with E-state index in [4.69, 9.17) is 18.9 Å². The summed E-state index contributed by atoms with van der Waals surface area (Å²) in [6, 6.07) is 21.4. The average molecular weight is 947 g/mol. The van der Waals surface area contributed by atoms with Gasteiger partial charge < -0.3 is 39.6 Å². The van der Waals surface area contributed by atoms with Crippen molar-refractivity contribution in [3.63, 3.8) is 0 Å². The molecule has 0 saturated carbocycles. The monoisotopic (exact) mass is 946 g/mol. The van der Waals surface area contributed by atoms with Crippen molar-refractivity contribution in [3.8, 4) is 34.6 Å². The number of anilines is 4. The smallest absolute Gasteiger partial charge is 0.416 e. The van der Waals surface area contributed by atoms with Gasteiger partial charge in [-0.15, -0.1) is 0 Å². The highest BCUT2D eigenvalue weighted by atomic mass is 19.4. The Kier molecular flexibility index (Phi) is 14.1. The first-order valence-electron chi connectivity index (χ1n) is 20.0. The molecule has 8 rings (SSSR count). The minimum atomic E-state index is -4.52. The maximum Gasteiger partial charge on any atom is 0.416 e. The van der Waals surface area contributed by atoms with Crippen molar-refractivity contribution in [2.75, 3.05) is 60.9 Å². The van der Waals surface area contributed by atoms with Crippen LogP contribution < -0.4 is 44.7 Å². The number of urea groups is 2. The average Bonchev–Trinajstić information content (AvgIpc) is 3.33. The topological polar surface area (TPSA) is 196 Å². The maximum absolute atomic E-state index is 13.0. The van der Waals surface area contributed by atoms with Crippen LogP contribution in [-0.2, 0) is 17.1 Å². The van der Waals surface area contributed by atoms with Crippen LogP contribution in [0.1, 0.15) is 32.1 Å². The first kappa shape index (κ1) is 47.3. The molecule has 17 nitrogen and oxygen atoms in total. The number of carbonyl (C=O) groups is 4. The summed E-state index contributed by atoms with van der Waals surface area (Å²) in [6.45, 7) is 0.735. The molecule has 2 aliphatic rings. The molecule has 0 atom stereocenters. The lowest BCUT2D eigenvalue weighted by molar-refractivity contribution is -0.138. The highest BCUT2D eigenvalue weighted by Gasteiger charge is 2.33. The van der Waals surface area contributed by atoms with Crippen LogP contribution in [0.3, 0.4) is 0 Å². The Labute approximate surface area is 381 Å². The van der Waals surface area contributed by atoms with E-state index in [1.165, 1.54) is 72.6 Å². The molecule has 0 bridgehead atoms. The van der Waals surface area contributed by atoms with Crippen molar-refractivity contribution in [2.24, 2.45) is 0 Å². The van der Waals surface area contributed by atoms with E-state index in [9.17, 15) is 45.5 Å². The van der Waals surface area contributed by atoms with E-state index < -0.39 is 41.5 Å². The Morgan fingerprint density at radius 3 is 1.66 bits per heavy atom.